The van der Waals surface area contributed by atoms with E-state index in [0.717, 1.165) is 4.90 Å². The third-order valence-corrected chi connectivity index (χ3v) is 4.96. The third-order valence-electron chi connectivity index (χ3n) is 4.96. The SMILES string of the molecule is C[C@@H](C(=O)OCc1cc(-c2ccco2)on1)N1C(=O)[C@H]2CC=CC[C@H]2C1=O. The van der Waals surface area contributed by atoms with Crippen LogP contribution in [0.3, 0.4) is 0 Å². The first-order valence-electron chi connectivity index (χ1n) is 8.74. The Kier molecular flexibility index (Phi) is 4.39. The molecule has 0 bridgehead atoms. The molecule has 1 aliphatic heterocycles. The molecule has 4 rings (SSSR count). The van der Waals surface area contributed by atoms with Crippen LogP contribution in [0.2, 0.25) is 0 Å². The normalized spacial score (nSPS) is 22.8. The molecule has 0 spiro atoms. The van der Waals surface area contributed by atoms with Crippen LogP contribution in [-0.2, 0) is 25.7 Å². The second-order valence-electron chi connectivity index (χ2n) is 6.65. The van der Waals surface area contributed by atoms with Crippen LogP contribution in [0.25, 0.3) is 11.5 Å². The topological polar surface area (TPSA) is 103 Å². The van der Waals surface area contributed by atoms with Crippen molar-refractivity contribution < 1.29 is 28.1 Å². The first kappa shape index (κ1) is 17.3. The number of allylic oxidation sites excluding steroid dienone is 2. The Balaban J connectivity index is 1.38. The predicted molar refractivity (Wildman–Crippen MR) is 90.7 cm³/mol. The fraction of sp³-hybridized carbons (Fsp3) is 0.368. The lowest BCUT2D eigenvalue weighted by Gasteiger charge is -2.21. The van der Waals surface area contributed by atoms with Crippen molar-refractivity contribution in [2.45, 2.75) is 32.4 Å². The third kappa shape index (κ3) is 3.07. The Bertz CT molecular complexity index is 871. The molecule has 3 heterocycles. The van der Waals surface area contributed by atoms with E-state index in [1.54, 1.807) is 18.2 Å². The molecule has 1 saturated heterocycles. The number of carbonyl (C=O) groups is 3. The number of carbonyl (C=O) groups excluding carboxylic acids is 3. The summed E-state index contributed by atoms with van der Waals surface area (Å²) in [7, 11) is 0. The molecule has 0 N–H and O–H groups in total. The van der Waals surface area contributed by atoms with E-state index >= 15 is 0 Å². The summed E-state index contributed by atoms with van der Waals surface area (Å²) in [6.45, 7) is 1.37. The Morgan fingerprint density at radius 2 is 1.96 bits per heavy atom. The van der Waals surface area contributed by atoms with Gasteiger partial charge in [0.25, 0.3) is 0 Å². The van der Waals surface area contributed by atoms with Gasteiger partial charge in [0, 0.05) is 6.07 Å². The second kappa shape index (κ2) is 6.86. The smallest absolute Gasteiger partial charge is 0.329 e. The van der Waals surface area contributed by atoms with Crippen molar-refractivity contribution in [3.05, 3.63) is 42.3 Å². The lowest BCUT2D eigenvalue weighted by atomic mass is 9.85. The number of hydrogen-bond donors (Lipinski definition) is 0. The molecule has 2 aromatic heterocycles. The van der Waals surface area contributed by atoms with E-state index in [0.29, 0.717) is 30.1 Å². The van der Waals surface area contributed by atoms with Crippen LogP contribution in [-0.4, -0.2) is 33.9 Å². The summed E-state index contributed by atoms with van der Waals surface area (Å²) in [5, 5.41) is 3.82. The maximum absolute atomic E-state index is 12.5. The number of likely N-dealkylation sites (tertiary alicyclic amines) is 1. The van der Waals surface area contributed by atoms with Crippen LogP contribution in [0.15, 0.2) is 45.6 Å². The van der Waals surface area contributed by atoms with Crippen LogP contribution in [0.5, 0.6) is 0 Å². The van der Waals surface area contributed by atoms with E-state index in [9.17, 15) is 14.4 Å². The van der Waals surface area contributed by atoms with Crippen molar-refractivity contribution in [1.29, 1.82) is 0 Å². The molecule has 2 aromatic rings. The van der Waals surface area contributed by atoms with Gasteiger partial charge in [0.15, 0.2) is 5.76 Å². The van der Waals surface area contributed by atoms with Gasteiger partial charge in [-0.05, 0) is 31.9 Å². The highest BCUT2D eigenvalue weighted by Crippen LogP contribution is 2.36. The molecule has 0 aromatic carbocycles. The van der Waals surface area contributed by atoms with Crippen LogP contribution in [0.1, 0.15) is 25.5 Å². The number of amides is 2. The largest absolute Gasteiger partial charge is 0.461 e. The van der Waals surface area contributed by atoms with Crippen molar-refractivity contribution in [2.75, 3.05) is 0 Å². The highest BCUT2D eigenvalue weighted by atomic mass is 16.5. The molecule has 8 heteroatoms. The van der Waals surface area contributed by atoms with E-state index in [-0.39, 0.29) is 30.3 Å². The molecule has 140 valence electrons. The number of aromatic nitrogens is 1. The van der Waals surface area contributed by atoms with E-state index in [2.05, 4.69) is 5.16 Å². The first-order chi connectivity index (χ1) is 13.1. The van der Waals surface area contributed by atoms with Crippen LogP contribution in [0, 0.1) is 11.8 Å². The molecule has 0 unspecified atom stereocenters. The zero-order valence-corrected chi connectivity index (χ0v) is 14.7. The molecule has 2 amide bonds. The number of imide groups is 1. The van der Waals surface area contributed by atoms with Gasteiger partial charge in [-0.15, -0.1) is 0 Å². The van der Waals surface area contributed by atoms with Gasteiger partial charge in [0.05, 0.1) is 18.1 Å². The highest BCUT2D eigenvalue weighted by Gasteiger charge is 2.50. The minimum Gasteiger partial charge on any atom is -0.461 e. The minimum atomic E-state index is -0.980. The van der Waals surface area contributed by atoms with Gasteiger partial charge in [-0.2, -0.15) is 0 Å². The van der Waals surface area contributed by atoms with Gasteiger partial charge in [-0.3, -0.25) is 14.5 Å². The van der Waals surface area contributed by atoms with E-state index in [1.807, 2.05) is 12.2 Å². The number of hydrogen-bond acceptors (Lipinski definition) is 7. The lowest BCUT2D eigenvalue weighted by Crippen LogP contribution is -2.44. The van der Waals surface area contributed by atoms with Crippen LogP contribution in [0.4, 0.5) is 0 Å². The fourth-order valence-electron chi connectivity index (χ4n) is 3.49. The van der Waals surface area contributed by atoms with E-state index in [4.69, 9.17) is 13.7 Å². The van der Waals surface area contributed by atoms with Gasteiger partial charge in [0.1, 0.15) is 18.3 Å². The Hall–Kier alpha value is -3.16. The predicted octanol–water partition coefficient (Wildman–Crippen LogP) is 2.32. The summed E-state index contributed by atoms with van der Waals surface area (Å²) in [5.74, 6) is -1.08. The number of ether oxygens (including phenoxy) is 1. The summed E-state index contributed by atoms with van der Waals surface area (Å²) in [6.07, 6.45) is 6.38. The van der Waals surface area contributed by atoms with Gasteiger partial charge in [0.2, 0.25) is 17.6 Å². The highest BCUT2D eigenvalue weighted by molar-refractivity contribution is 6.08. The summed E-state index contributed by atoms with van der Waals surface area (Å²) in [6, 6.07) is 4.06. The van der Waals surface area contributed by atoms with Crippen LogP contribution < -0.4 is 0 Å². The molecular formula is C19H18N2O6. The van der Waals surface area contributed by atoms with Gasteiger partial charge >= 0.3 is 5.97 Å². The Morgan fingerprint density at radius 1 is 1.26 bits per heavy atom. The van der Waals surface area contributed by atoms with E-state index in [1.165, 1.54) is 13.2 Å². The van der Waals surface area contributed by atoms with Crippen molar-refractivity contribution in [3.63, 3.8) is 0 Å². The number of rotatable bonds is 5. The second-order valence-corrected chi connectivity index (χ2v) is 6.65. The van der Waals surface area contributed by atoms with Crippen molar-refractivity contribution >= 4 is 17.8 Å². The van der Waals surface area contributed by atoms with Gasteiger partial charge in [-0.25, -0.2) is 4.79 Å². The monoisotopic (exact) mass is 370 g/mol. The summed E-state index contributed by atoms with van der Waals surface area (Å²) >= 11 is 0. The van der Waals surface area contributed by atoms with Gasteiger partial charge in [-0.1, -0.05) is 17.3 Å². The maximum Gasteiger partial charge on any atom is 0.329 e. The van der Waals surface area contributed by atoms with Gasteiger partial charge < -0.3 is 13.7 Å². The zero-order valence-electron chi connectivity index (χ0n) is 14.7. The van der Waals surface area contributed by atoms with Crippen molar-refractivity contribution in [1.82, 2.24) is 10.1 Å². The Morgan fingerprint density at radius 3 is 2.59 bits per heavy atom. The Labute approximate surface area is 154 Å². The fourth-order valence-corrected chi connectivity index (χ4v) is 3.49. The van der Waals surface area contributed by atoms with Crippen molar-refractivity contribution in [3.8, 4) is 11.5 Å². The lowest BCUT2D eigenvalue weighted by molar-refractivity contribution is -0.159. The molecule has 3 atom stereocenters. The molecule has 0 saturated carbocycles. The maximum atomic E-state index is 12.5. The molecule has 27 heavy (non-hydrogen) atoms. The van der Waals surface area contributed by atoms with Crippen molar-refractivity contribution in [2.24, 2.45) is 11.8 Å². The molecule has 2 aliphatic rings. The van der Waals surface area contributed by atoms with Crippen LogP contribution >= 0.6 is 0 Å². The molecule has 1 fully saturated rings. The first-order valence-corrected chi connectivity index (χ1v) is 8.74. The zero-order chi connectivity index (χ0) is 19.0. The number of fused-ring (bicyclic) bond motifs is 1. The average Bonchev–Trinajstić information content (AvgIpc) is 3.41. The summed E-state index contributed by atoms with van der Waals surface area (Å²) in [4.78, 5) is 38.5. The standard InChI is InChI=1S/C19H18N2O6/c1-11(21-17(22)13-5-2-3-6-14(13)18(21)23)19(24)26-10-12-9-16(27-20-12)15-7-4-8-25-15/h2-4,7-9,11,13-14H,5-6,10H2,1H3/t11-,13-,14+/m0/s1. The number of furan rings is 1. The van der Waals surface area contributed by atoms with E-state index < -0.39 is 12.0 Å². The summed E-state index contributed by atoms with van der Waals surface area (Å²) in [5.41, 5.74) is 0.402. The molecular weight excluding hydrogens is 352 g/mol. The number of esters is 1. The number of nitrogens with zero attached hydrogens (tertiary/aromatic N) is 2. The quantitative estimate of drug-likeness (QED) is 0.452. The molecule has 8 nitrogen and oxygen atoms in total. The molecule has 0 radical (unpaired) electrons. The summed E-state index contributed by atoms with van der Waals surface area (Å²) < 4.78 is 15.6. The minimum absolute atomic E-state index is 0.127. The molecule has 1 aliphatic carbocycles. The average molecular weight is 370 g/mol.